The van der Waals surface area contributed by atoms with Gasteiger partial charge in [-0.05, 0) is 61.6 Å². The molecule has 0 aliphatic heterocycles. The van der Waals surface area contributed by atoms with Gasteiger partial charge < -0.3 is 0 Å². The molecule has 0 saturated heterocycles. The molecule has 0 aromatic heterocycles. The quantitative estimate of drug-likeness (QED) is 0.658. The van der Waals surface area contributed by atoms with Crippen molar-refractivity contribution in [2.24, 2.45) is 5.84 Å². The fraction of sp³-hybridized carbons (Fsp3) is 0.294. The summed E-state index contributed by atoms with van der Waals surface area (Å²) in [5.41, 5.74) is 8.49. The van der Waals surface area contributed by atoms with E-state index in [0.29, 0.717) is 6.42 Å². The molecular formula is C17H20ClFN2. The number of benzene rings is 2. The van der Waals surface area contributed by atoms with Gasteiger partial charge >= 0.3 is 0 Å². The fourth-order valence-corrected chi connectivity index (χ4v) is 2.86. The van der Waals surface area contributed by atoms with E-state index in [0.717, 1.165) is 5.56 Å². The van der Waals surface area contributed by atoms with Gasteiger partial charge in [0, 0.05) is 0 Å². The summed E-state index contributed by atoms with van der Waals surface area (Å²) in [6.07, 6.45) is 0.704. The Morgan fingerprint density at radius 1 is 1.14 bits per heavy atom. The number of nitrogens with two attached hydrogens (primary N) is 1. The van der Waals surface area contributed by atoms with Crippen molar-refractivity contribution >= 4 is 11.6 Å². The van der Waals surface area contributed by atoms with Crippen LogP contribution in [0.15, 0.2) is 30.3 Å². The van der Waals surface area contributed by atoms with Crippen LogP contribution in [0.2, 0.25) is 5.02 Å². The molecule has 0 aliphatic carbocycles. The summed E-state index contributed by atoms with van der Waals surface area (Å²) in [5.74, 6) is 5.24. The van der Waals surface area contributed by atoms with Gasteiger partial charge in [-0.1, -0.05) is 35.4 Å². The second-order valence-corrected chi connectivity index (χ2v) is 5.88. The van der Waals surface area contributed by atoms with E-state index in [1.54, 1.807) is 12.1 Å². The third kappa shape index (κ3) is 3.62. The molecule has 0 spiro atoms. The van der Waals surface area contributed by atoms with E-state index >= 15 is 0 Å². The molecule has 0 amide bonds. The first-order chi connectivity index (χ1) is 9.92. The van der Waals surface area contributed by atoms with Gasteiger partial charge in [-0.2, -0.15) is 0 Å². The van der Waals surface area contributed by atoms with Crippen LogP contribution in [0.1, 0.15) is 33.9 Å². The molecular weight excluding hydrogens is 287 g/mol. The van der Waals surface area contributed by atoms with Crippen molar-refractivity contribution in [2.75, 3.05) is 0 Å². The highest BCUT2D eigenvalue weighted by atomic mass is 35.5. The van der Waals surface area contributed by atoms with Crippen LogP contribution in [-0.4, -0.2) is 0 Å². The van der Waals surface area contributed by atoms with Gasteiger partial charge in [-0.3, -0.25) is 11.3 Å². The molecule has 2 aromatic carbocycles. The van der Waals surface area contributed by atoms with Crippen molar-refractivity contribution < 1.29 is 4.39 Å². The minimum atomic E-state index is -0.424. The second-order valence-electron chi connectivity index (χ2n) is 5.47. The van der Waals surface area contributed by atoms with E-state index in [-0.39, 0.29) is 11.1 Å². The van der Waals surface area contributed by atoms with E-state index in [9.17, 15) is 4.39 Å². The highest BCUT2D eigenvalue weighted by molar-refractivity contribution is 6.30. The lowest BCUT2D eigenvalue weighted by Gasteiger charge is -2.20. The third-order valence-corrected chi connectivity index (χ3v) is 4.10. The van der Waals surface area contributed by atoms with Crippen molar-refractivity contribution in [3.8, 4) is 0 Å². The second kappa shape index (κ2) is 6.56. The predicted molar refractivity (Wildman–Crippen MR) is 85.8 cm³/mol. The normalized spacial score (nSPS) is 12.5. The minimum absolute atomic E-state index is 0.122. The lowest BCUT2D eigenvalue weighted by molar-refractivity contribution is 0.542. The molecule has 2 rings (SSSR count). The SMILES string of the molecule is Cc1cc(C)c(CC(NN)c2ccc(Cl)c(F)c2)c(C)c1. The van der Waals surface area contributed by atoms with Crippen molar-refractivity contribution in [1.29, 1.82) is 0 Å². The number of hydrogen-bond acceptors (Lipinski definition) is 2. The zero-order valence-corrected chi connectivity index (χ0v) is 13.3. The van der Waals surface area contributed by atoms with E-state index in [1.165, 1.54) is 28.3 Å². The maximum absolute atomic E-state index is 13.6. The Bertz CT molecular complexity index is 632. The first-order valence-corrected chi connectivity index (χ1v) is 7.28. The topological polar surface area (TPSA) is 38.0 Å². The number of aryl methyl sites for hydroxylation is 3. The van der Waals surface area contributed by atoms with Gasteiger partial charge in [-0.25, -0.2) is 4.39 Å². The molecule has 3 N–H and O–H groups in total. The monoisotopic (exact) mass is 306 g/mol. The highest BCUT2D eigenvalue weighted by Gasteiger charge is 2.15. The maximum atomic E-state index is 13.6. The van der Waals surface area contributed by atoms with Crippen molar-refractivity contribution in [3.05, 3.63) is 69.0 Å². The molecule has 112 valence electrons. The average Bonchev–Trinajstić information content (AvgIpc) is 2.41. The first kappa shape index (κ1) is 16.0. The number of hydrogen-bond donors (Lipinski definition) is 2. The van der Waals surface area contributed by atoms with Gasteiger partial charge in [0.1, 0.15) is 5.82 Å². The molecule has 0 saturated carbocycles. The van der Waals surface area contributed by atoms with Crippen LogP contribution in [0.5, 0.6) is 0 Å². The molecule has 1 atom stereocenters. The standard InChI is InChI=1S/C17H20ClFN2/c1-10-6-11(2)14(12(3)7-10)9-17(21-20)13-4-5-15(18)16(19)8-13/h4-8,17,21H,9,20H2,1-3H3. The summed E-state index contributed by atoms with van der Waals surface area (Å²) < 4.78 is 13.6. The summed E-state index contributed by atoms with van der Waals surface area (Å²) >= 11 is 5.73. The summed E-state index contributed by atoms with van der Waals surface area (Å²) in [6.45, 7) is 6.26. The van der Waals surface area contributed by atoms with Crippen LogP contribution in [0, 0.1) is 26.6 Å². The molecule has 0 aliphatic rings. The van der Waals surface area contributed by atoms with Crippen LogP contribution in [0.25, 0.3) is 0 Å². The largest absolute Gasteiger partial charge is 0.271 e. The van der Waals surface area contributed by atoms with E-state index < -0.39 is 5.82 Å². The zero-order chi connectivity index (χ0) is 15.6. The number of nitrogens with one attached hydrogen (secondary N) is 1. The smallest absolute Gasteiger partial charge is 0.142 e. The average molecular weight is 307 g/mol. The first-order valence-electron chi connectivity index (χ1n) is 6.90. The lowest BCUT2D eigenvalue weighted by atomic mass is 9.92. The number of hydrazine groups is 1. The van der Waals surface area contributed by atoms with Crippen LogP contribution >= 0.6 is 11.6 Å². The van der Waals surface area contributed by atoms with Crippen LogP contribution in [-0.2, 0) is 6.42 Å². The van der Waals surface area contributed by atoms with E-state index in [2.05, 4.69) is 38.3 Å². The van der Waals surface area contributed by atoms with Gasteiger partial charge in [0.2, 0.25) is 0 Å². The maximum Gasteiger partial charge on any atom is 0.142 e. The minimum Gasteiger partial charge on any atom is -0.271 e. The Labute approximate surface area is 130 Å². The van der Waals surface area contributed by atoms with Crippen molar-refractivity contribution in [1.82, 2.24) is 5.43 Å². The molecule has 0 fully saturated rings. The van der Waals surface area contributed by atoms with E-state index in [4.69, 9.17) is 17.4 Å². The zero-order valence-electron chi connectivity index (χ0n) is 12.5. The predicted octanol–water partition coefficient (Wildman–Crippen LogP) is 4.15. The molecule has 0 radical (unpaired) electrons. The van der Waals surface area contributed by atoms with Gasteiger partial charge in [0.05, 0.1) is 11.1 Å². The summed E-state index contributed by atoms with van der Waals surface area (Å²) in [4.78, 5) is 0. The summed E-state index contributed by atoms with van der Waals surface area (Å²) in [7, 11) is 0. The Kier molecular flexibility index (Phi) is 4.99. The Hall–Kier alpha value is -1.42. The van der Waals surface area contributed by atoms with Gasteiger partial charge in [0.25, 0.3) is 0 Å². The number of halogens is 2. The fourth-order valence-electron chi connectivity index (χ4n) is 2.74. The Morgan fingerprint density at radius 3 is 2.29 bits per heavy atom. The van der Waals surface area contributed by atoms with Gasteiger partial charge in [-0.15, -0.1) is 0 Å². The van der Waals surface area contributed by atoms with E-state index in [1.807, 2.05) is 0 Å². The van der Waals surface area contributed by atoms with Crippen LogP contribution in [0.4, 0.5) is 4.39 Å². The highest BCUT2D eigenvalue weighted by Crippen LogP contribution is 2.26. The third-order valence-electron chi connectivity index (χ3n) is 3.80. The molecule has 21 heavy (non-hydrogen) atoms. The lowest BCUT2D eigenvalue weighted by Crippen LogP contribution is -2.30. The van der Waals surface area contributed by atoms with Crippen molar-refractivity contribution in [3.63, 3.8) is 0 Å². The molecule has 0 bridgehead atoms. The molecule has 1 unspecified atom stereocenters. The summed E-state index contributed by atoms with van der Waals surface area (Å²) in [5, 5.41) is 0.122. The Balaban J connectivity index is 2.33. The molecule has 0 heterocycles. The van der Waals surface area contributed by atoms with Crippen molar-refractivity contribution in [2.45, 2.75) is 33.2 Å². The van der Waals surface area contributed by atoms with Crippen LogP contribution in [0.3, 0.4) is 0 Å². The molecule has 4 heteroatoms. The van der Waals surface area contributed by atoms with Gasteiger partial charge in [0.15, 0.2) is 0 Å². The number of rotatable bonds is 4. The van der Waals surface area contributed by atoms with Crippen LogP contribution < -0.4 is 11.3 Å². The molecule has 2 nitrogen and oxygen atoms in total. The Morgan fingerprint density at radius 2 is 1.76 bits per heavy atom. The molecule has 2 aromatic rings. The summed E-state index contributed by atoms with van der Waals surface area (Å²) in [6, 6.07) is 8.94.